The summed E-state index contributed by atoms with van der Waals surface area (Å²) in [4.78, 5) is 14.2. The molecule has 3 atom stereocenters. The Balaban J connectivity index is 1.67. The van der Waals surface area contributed by atoms with Gasteiger partial charge in [-0.25, -0.2) is 0 Å². The Morgan fingerprint density at radius 2 is 2.00 bits per heavy atom. The van der Waals surface area contributed by atoms with Gasteiger partial charge >= 0.3 is 0 Å². The molecule has 4 nitrogen and oxygen atoms in total. The van der Waals surface area contributed by atoms with Gasteiger partial charge in [-0.1, -0.05) is 0 Å². The van der Waals surface area contributed by atoms with E-state index in [9.17, 15) is 4.79 Å². The molecule has 0 saturated carbocycles. The average Bonchev–Trinajstić information content (AvgIpc) is 2.82. The van der Waals surface area contributed by atoms with Crippen LogP contribution < -0.4 is 5.73 Å². The molecular weight excluding hydrogens is 240 g/mol. The van der Waals surface area contributed by atoms with E-state index >= 15 is 0 Å². The molecule has 2 rings (SSSR count). The number of amides is 1. The molecule has 0 aliphatic carbocycles. The third-order valence-electron chi connectivity index (χ3n) is 4.64. The Morgan fingerprint density at radius 3 is 2.53 bits per heavy atom. The molecule has 110 valence electrons. The highest BCUT2D eigenvalue weighted by Gasteiger charge is 2.26. The number of piperidine rings is 1. The molecule has 2 fully saturated rings. The lowest BCUT2D eigenvalue weighted by molar-refractivity contribution is -0.133. The van der Waals surface area contributed by atoms with Crippen LogP contribution in [-0.4, -0.2) is 42.1 Å². The van der Waals surface area contributed by atoms with Gasteiger partial charge in [-0.05, 0) is 51.9 Å². The van der Waals surface area contributed by atoms with Crippen molar-refractivity contribution in [3.8, 4) is 0 Å². The highest BCUT2D eigenvalue weighted by molar-refractivity contribution is 5.76. The summed E-state index contributed by atoms with van der Waals surface area (Å²) in [6.45, 7) is 5.95. The van der Waals surface area contributed by atoms with Crippen molar-refractivity contribution in [2.75, 3.05) is 13.1 Å². The van der Waals surface area contributed by atoms with Crippen LogP contribution in [0.15, 0.2) is 0 Å². The van der Waals surface area contributed by atoms with Crippen LogP contribution in [0.25, 0.3) is 0 Å². The first-order valence-corrected chi connectivity index (χ1v) is 7.75. The van der Waals surface area contributed by atoms with Crippen LogP contribution >= 0.6 is 0 Å². The lowest BCUT2D eigenvalue weighted by Gasteiger charge is -2.34. The first-order chi connectivity index (χ1) is 9.06. The molecule has 0 aromatic carbocycles. The Kier molecular flexibility index (Phi) is 5.22. The van der Waals surface area contributed by atoms with E-state index < -0.39 is 0 Å². The molecular formula is C15H28N2O2. The second-order valence-corrected chi connectivity index (χ2v) is 6.26. The maximum Gasteiger partial charge on any atom is 0.222 e. The summed E-state index contributed by atoms with van der Waals surface area (Å²) in [5.41, 5.74) is 5.92. The van der Waals surface area contributed by atoms with Crippen LogP contribution in [0.1, 0.15) is 52.4 Å². The van der Waals surface area contributed by atoms with Crippen molar-refractivity contribution in [2.45, 2.75) is 70.6 Å². The molecule has 2 aliphatic heterocycles. The van der Waals surface area contributed by atoms with E-state index in [0.717, 1.165) is 45.2 Å². The van der Waals surface area contributed by atoms with Crippen molar-refractivity contribution in [3.63, 3.8) is 0 Å². The fourth-order valence-corrected chi connectivity index (χ4v) is 3.21. The number of hydrogen-bond acceptors (Lipinski definition) is 3. The Labute approximate surface area is 116 Å². The number of carbonyl (C=O) groups excluding carboxylic acids is 1. The molecule has 19 heavy (non-hydrogen) atoms. The first-order valence-electron chi connectivity index (χ1n) is 7.75. The monoisotopic (exact) mass is 268 g/mol. The first kappa shape index (κ1) is 14.8. The minimum absolute atomic E-state index is 0.255. The molecule has 2 heterocycles. The van der Waals surface area contributed by atoms with E-state index in [4.69, 9.17) is 10.5 Å². The molecule has 3 unspecified atom stereocenters. The van der Waals surface area contributed by atoms with Gasteiger partial charge in [0.1, 0.15) is 0 Å². The third-order valence-corrected chi connectivity index (χ3v) is 4.64. The van der Waals surface area contributed by atoms with Crippen LogP contribution in [0.3, 0.4) is 0 Å². The summed E-state index contributed by atoms with van der Waals surface area (Å²) in [7, 11) is 0. The van der Waals surface area contributed by atoms with Gasteiger partial charge in [0, 0.05) is 25.6 Å². The molecule has 0 bridgehead atoms. The summed E-state index contributed by atoms with van der Waals surface area (Å²) in [6.07, 6.45) is 6.57. The van der Waals surface area contributed by atoms with Crippen LogP contribution in [0.2, 0.25) is 0 Å². The van der Waals surface area contributed by atoms with Crippen molar-refractivity contribution in [3.05, 3.63) is 0 Å². The molecule has 2 saturated heterocycles. The maximum absolute atomic E-state index is 12.2. The van der Waals surface area contributed by atoms with Gasteiger partial charge in [0.05, 0.1) is 12.2 Å². The SMILES string of the molecule is CC1CCC(CCC(=O)N2CCC(C(C)N)CC2)O1. The van der Waals surface area contributed by atoms with Crippen LogP contribution in [0, 0.1) is 5.92 Å². The second-order valence-electron chi connectivity index (χ2n) is 6.26. The Hall–Kier alpha value is -0.610. The molecule has 0 radical (unpaired) electrons. The van der Waals surface area contributed by atoms with Crippen LogP contribution in [0.4, 0.5) is 0 Å². The molecule has 2 aliphatic rings. The zero-order valence-corrected chi connectivity index (χ0v) is 12.3. The van der Waals surface area contributed by atoms with Crippen molar-refractivity contribution in [2.24, 2.45) is 11.7 Å². The van der Waals surface area contributed by atoms with Crippen LogP contribution in [0.5, 0.6) is 0 Å². The van der Waals surface area contributed by atoms with Gasteiger partial charge in [0.15, 0.2) is 0 Å². The maximum atomic E-state index is 12.2. The van der Waals surface area contributed by atoms with Crippen LogP contribution in [-0.2, 0) is 9.53 Å². The summed E-state index contributed by atoms with van der Waals surface area (Å²) >= 11 is 0. The van der Waals surface area contributed by atoms with Gasteiger partial charge in [-0.15, -0.1) is 0 Å². The fourth-order valence-electron chi connectivity index (χ4n) is 3.21. The van der Waals surface area contributed by atoms with Gasteiger partial charge in [0.2, 0.25) is 5.91 Å². The van der Waals surface area contributed by atoms with E-state index in [0.29, 0.717) is 30.5 Å². The van der Waals surface area contributed by atoms with E-state index in [-0.39, 0.29) is 6.04 Å². The van der Waals surface area contributed by atoms with Crippen molar-refractivity contribution < 1.29 is 9.53 Å². The van der Waals surface area contributed by atoms with Crippen molar-refractivity contribution in [1.29, 1.82) is 0 Å². The zero-order chi connectivity index (χ0) is 13.8. The minimum Gasteiger partial charge on any atom is -0.375 e. The van der Waals surface area contributed by atoms with Crippen molar-refractivity contribution >= 4 is 5.91 Å². The lowest BCUT2D eigenvalue weighted by atomic mass is 9.91. The highest BCUT2D eigenvalue weighted by atomic mass is 16.5. The topological polar surface area (TPSA) is 55.6 Å². The Bertz CT molecular complexity index is 299. The molecule has 0 aromatic rings. The average molecular weight is 268 g/mol. The molecule has 0 spiro atoms. The van der Waals surface area contributed by atoms with Gasteiger partial charge in [-0.2, -0.15) is 0 Å². The number of rotatable bonds is 4. The second kappa shape index (κ2) is 6.71. The predicted molar refractivity (Wildman–Crippen MR) is 75.8 cm³/mol. The van der Waals surface area contributed by atoms with Gasteiger partial charge < -0.3 is 15.4 Å². The predicted octanol–water partition coefficient (Wildman–Crippen LogP) is 1.92. The van der Waals surface area contributed by atoms with E-state index in [1.54, 1.807) is 0 Å². The number of nitrogens with two attached hydrogens (primary N) is 1. The normalized spacial score (nSPS) is 30.6. The molecule has 2 N–H and O–H groups in total. The number of carbonyl (C=O) groups is 1. The van der Waals surface area contributed by atoms with Gasteiger partial charge in [0.25, 0.3) is 0 Å². The van der Waals surface area contributed by atoms with Gasteiger partial charge in [-0.3, -0.25) is 4.79 Å². The zero-order valence-electron chi connectivity index (χ0n) is 12.3. The minimum atomic E-state index is 0.255. The smallest absolute Gasteiger partial charge is 0.222 e. The largest absolute Gasteiger partial charge is 0.375 e. The number of ether oxygens (including phenoxy) is 1. The summed E-state index contributed by atoms with van der Waals surface area (Å²) in [5, 5.41) is 0. The Morgan fingerprint density at radius 1 is 1.32 bits per heavy atom. The van der Waals surface area contributed by atoms with E-state index in [2.05, 4.69) is 13.8 Å². The van der Waals surface area contributed by atoms with Crippen molar-refractivity contribution in [1.82, 2.24) is 4.90 Å². The molecule has 1 amide bonds. The lowest BCUT2D eigenvalue weighted by Crippen LogP contribution is -2.42. The quantitative estimate of drug-likeness (QED) is 0.847. The third kappa shape index (κ3) is 4.18. The molecule has 0 aromatic heterocycles. The summed E-state index contributed by atoms with van der Waals surface area (Å²) in [5.74, 6) is 0.884. The molecule has 4 heteroatoms. The standard InChI is InChI=1S/C15H28N2O2/c1-11-3-4-14(19-11)5-6-15(18)17-9-7-13(8-10-17)12(2)16/h11-14H,3-10,16H2,1-2H3. The van der Waals surface area contributed by atoms with E-state index in [1.165, 1.54) is 0 Å². The highest BCUT2D eigenvalue weighted by Crippen LogP contribution is 2.24. The summed E-state index contributed by atoms with van der Waals surface area (Å²) in [6, 6.07) is 0.255. The van der Waals surface area contributed by atoms with E-state index in [1.807, 2.05) is 4.90 Å². The number of nitrogens with zero attached hydrogens (tertiary/aromatic N) is 1. The number of likely N-dealkylation sites (tertiary alicyclic amines) is 1. The number of hydrogen-bond donors (Lipinski definition) is 1. The fraction of sp³-hybridized carbons (Fsp3) is 0.933. The summed E-state index contributed by atoms with van der Waals surface area (Å²) < 4.78 is 5.76.